The topological polar surface area (TPSA) is 118 Å². The summed E-state index contributed by atoms with van der Waals surface area (Å²) in [5.41, 5.74) is 5.51. The second-order valence-corrected chi connectivity index (χ2v) is 8.81. The Bertz CT molecular complexity index is 1220. The standard InChI is InChI=1S/C23H24N4O5S/c1-3-27(16-17-9-5-4-6-10-17)33(30,31)21-15-18(12-13-20(21)32-2)22(28)25-26-23(29)19-11-7-8-14-24-19/h4-15H,3,16H2,1-2H3,(H,25,28)(H,26,29). The number of nitrogens with zero attached hydrogens (tertiary/aromatic N) is 2. The van der Waals surface area contributed by atoms with Gasteiger partial charge >= 0.3 is 0 Å². The predicted molar refractivity (Wildman–Crippen MR) is 122 cm³/mol. The maximum atomic E-state index is 13.4. The number of hydrogen-bond acceptors (Lipinski definition) is 6. The first kappa shape index (κ1) is 23.9. The van der Waals surface area contributed by atoms with Crippen LogP contribution in [0.4, 0.5) is 0 Å². The number of sulfonamides is 1. The van der Waals surface area contributed by atoms with Gasteiger partial charge in [0, 0.05) is 24.8 Å². The highest BCUT2D eigenvalue weighted by molar-refractivity contribution is 7.89. The van der Waals surface area contributed by atoms with E-state index in [4.69, 9.17) is 4.74 Å². The average molecular weight is 469 g/mol. The monoisotopic (exact) mass is 468 g/mol. The van der Waals surface area contributed by atoms with Crippen molar-refractivity contribution in [2.24, 2.45) is 0 Å². The molecule has 0 aliphatic heterocycles. The molecule has 3 rings (SSSR count). The molecule has 3 aromatic rings. The van der Waals surface area contributed by atoms with Crippen molar-refractivity contribution in [2.75, 3.05) is 13.7 Å². The highest BCUT2D eigenvalue weighted by Crippen LogP contribution is 2.28. The Morgan fingerprint density at radius 1 is 0.970 bits per heavy atom. The number of hydrazine groups is 1. The maximum Gasteiger partial charge on any atom is 0.288 e. The van der Waals surface area contributed by atoms with Crippen molar-refractivity contribution < 1.29 is 22.7 Å². The molecule has 0 bridgehead atoms. The number of carbonyl (C=O) groups is 2. The first-order chi connectivity index (χ1) is 15.9. The average Bonchev–Trinajstić information content (AvgIpc) is 2.86. The van der Waals surface area contributed by atoms with Crippen LogP contribution in [0, 0.1) is 0 Å². The van der Waals surface area contributed by atoms with E-state index in [1.807, 2.05) is 30.3 Å². The molecule has 33 heavy (non-hydrogen) atoms. The summed E-state index contributed by atoms with van der Waals surface area (Å²) in [5, 5.41) is 0. The molecule has 0 spiro atoms. The molecular formula is C23H24N4O5S. The molecule has 0 aliphatic rings. The fourth-order valence-corrected chi connectivity index (χ4v) is 4.68. The molecule has 2 N–H and O–H groups in total. The lowest BCUT2D eigenvalue weighted by Crippen LogP contribution is -2.42. The normalized spacial score (nSPS) is 11.1. The summed E-state index contributed by atoms with van der Waals surface area (Å²) in [6.45, 7) is 2.12. The zero-order chi connectivity index (χ0) is 23.8. The van der Waals surface area contributed by atoms with Crippen molar-refractivity contribution >= 4 is 21.8 Å². The SMILES string of the molecule is CCN(Cc1ccccc1)S(=O)(=O)c1cc(C(=O)NNC(=O)c2ccccn2)ccc1OC. The van der Waals surface area contributed by atoms with Gasteiger partial charge in [0.2, 0.25) is 10.0 Å². The van der Waals surface area contributed by atoms with Crippen LogP contribution in [0.5, 0.6) is 5.75 Å². The van der Waals surface area contributed by atoms with Gasteiger partial charge in [0.25, 0.3) is 11.8 Å². The minimum atomic E-state index is -3.99. The number of hydrogen-bond donors (Lipinski definition) is 2. The summed E-state index contributed by atoms with van der Waals surface area (Å²) in [6.07, 6.45) is 1.45. The summed E-state index contributed by atoms with van der Waals surface area (Å²) >= 11 is 0. The van der Waals surface area contributed by atoms with E-state index in [-0.39, 0.29) is 35.0 Å². The van der Waals surface area contributed by atoms with Crippen LogP contribution in [0.25, 0.3) is 0 Å². The van der Waals surface area contributed by atoms with Crippen molar-refractivity contribution in [3.05, 3.63) is 89.7 Å². The lowest BCUT2D eigenvalue weighted by Gasteiger charge is -2.22. The van der Waals surface area contributed by atoms with Crippen LogP contribution in [-0.4, -0.2) is 43.2 Å². The molecule has 0 saturated carbocycles. The third kappa shape index (κ3) is 5.73. The van der Waals surface area contributed by atoms with Crippen LogP contribution in [0.1, 0.15) is 33.3 Å². The molecule has 2 aromatic carbocycles. The second kappa shape index (κ2) is 10.7. The Kier molecular flexibility index (Phi) is 7.75. The van der Waals surface area contributed by atoms with Gasteiger partial charge in [-0.1, -0.05) is 43.3 Å². The lowest BCUT2D eigenvalue weighted by atomic mass is 10.2. The third-order valence-corrected chi connectivity index (χ3v) is 6.73. The Morgan fingerprint density at radius 3 is 2.30 bits per heavy atom. The minimum Gasteiger partial charge on any atom is -0.495 e. The van der Waals surface area contributed by atoms with Crippen molar-refractivity contribution in [3.8, 4) is 5.75 Å². The summed E-state index contributed by atoms with van der Waals surface area (Å²) < 4.78 is 33.4. The number of aromatic nitrogens is 1. The molecule has 172 valence electrons. The van der Waals surface area contributed by atoms with E-state index in [9.17, 15) is 18.0 Å². The molecule has 0 aliphatic carbocycles. The third-order valence-electron chi connectivity index (χ3n) is 4.79. The summed E-state index contributed by atoms with van der Waals surface area (Å²) in [5.74, 6) is -1.19. The molecule has 2 amide bonds. The molecular weight excluding hydrogens is 444 g/mol. The smallest absolute Gasteiger partial charge is 0.288 e. The Hall–Kier alpha value is -3.76. The van der Waals surface area contributed by atoms with Crippen LogP contribution in [-0.2, 0) is 16.6 Å². The van der Waals surface area contributed by atoms with Crippen LogP contribution >= 0.6 is 0 Å². The van der Waals surface area contributed by atoms with Crippen LogP contribution < -0.4 is 15.6 Å². The summed E-state index contributed by atoms with van der Waals surface area (Å²) in [4.78, 5) is 28.4. The maximum absolute atomic E-state index is 13.4. The number of amides is 2. The van der Waals surface area contributed by atoms with Gasteiger partial charge < -0.3 is 4.74 Å². The van der Waals surface area contributed by atoms with Gasteiger partial charge in [-0.25, -0.2) is 8.42 Å². The van der Waals surface area contributed by atoms with E-state index >= 15 is 0 Å². The fourth-order valence-electron chi connectivity index (χ4n) is 3.06. The van der Waals surface area contributed by atoms with E-state index in [2.05, 4.69) is 15.8 Å². The number of benzene rings is 2. The Labute approximate surface area is 192 Å². The van der Waals surface area contributed by atoms with Gasteiger partial charge in [-0.2, -0.15) is 4.31 Å². The molecule has 0 fully saturated rings. The molecule has 0 atom stereocenters. The van der Waals surface area contributed by atoms with Crippen LogP contribution in [0.3, 0.4) is 0 Å². The highest BCUT2D eigenvalue weighted by Gasteiger charge is 2.28. The first-order valence-corrected chi connectivity index (χ1v) is 11.5. The van der Waals surface area contributed by atoms with Crippen molar-refractivity contribution in [2.45, 2.75) is 18.4 Å². The largest absolute Gasteiger partial charge is 0.495 e. The quantitative estimate of drug-likeness (QED) is 0.490. The Morgan fingerprint density at radius 2 is 1.67 bits per heavy atom. The van der Waals surface area contributed by atoms with Crippen molar-refractivity contribution in [1.82, 2.24) is 20.1 Å². The van der Waals surface area contributed by atoms with Gasteiger partial charge in [0.15, 0.2) is 0 Å². The predicted octanol–water partition coefficient (Wildman–Crippen LogP) is 2.38. The molecule has 1 aromatic heterocycles. The number of nitrogens with one attached hydrogen (secondary N) is 2. The molecule has 1 heterocycles. The first-order valence-electron chi connectivity index (χ1n) is 10.1. The van der Waals surface area contributed by atoms with Crippen LogP contribution in [0.2, 0.25) is 0 Å². The van der Waals surface area contributed by atoms with Crippen LogP contribution in [0.15, 0.2) is 77.8 Å². The van der Waals surface area contributed by atoms with E-state index in [1.54, 1.807) is 19.1 Å². The summed E-state index contributed by atoms with van der Waals surface area (Å²) in [7, 11) is -2.64. The number of ether oxygens (including phenoxy) is 1. The zero-order valence-electron chi connectivity index (χ0n) is 18.2. The van der Waals surface area contributed by atoms with E-state index < -0.39 is 21.8 Å². The molecule has 0 saturated heterocycles. The van der Waals surface area contributed by atoms with E-state index in [0.717, 1.165) is 5.56 Å². The van der Waals surface area contributed by atoms with Gasteiger partial charge in [-0.15, -0.1) is 0 Å². The van der Waals surface area contributed by atoms with Gasteiger partial charge in [0.05, 0.1) is 7.11 Å². The number of carbonyl (C=O) groups excluding carboxylic acids is 2. The molecule has 10 heteroatoms. The molecule has 9 nitrogen and oxygen atoms in total. The number of rotatable bonds is 8. The summed E-state index contributed by atoms with van der Waals surface area (Å²) in [6, 6.07) is 18.0. The second-order valence-electron chi connectivity index (χ2n) is 6.91. The number of methoxy groups -OCH3 is 1. The zero-order valence-corrected chi connectivity index (χ0v) is 19.0. The van der Waals surface area contributed by atoms with E-state index in [0.29, 0.717) is 0 Å². The van der Waals surface area contributed by atoms with E-state index in [1.165, 1.54) is 41.9 Å². The van der Waals surface area contributed by atoms with Gasteiger partial charge in [-0.3, -0.25) is 25.4 Å². The lowest BCUT2D eigenvalue weighted by molar-refractivity contribution is 0.0844. The van der Waals surface area contributed by atoms with Gasteiger partial charge in [-0.05, 0) is 35.9 Å². The van der Waals surface area contributed by atoms with Gasteiger partial charge in [0.1, 0.15) is 16.3 Å². The number of pyridine rings is 1. The molecule has 0 radical (unpaired) electrons. The van der Waals surface area contributed by atoms with Crippen molar-refractivity contribution in [1.29, 1.82) is 0 Å². The highest BCUT2D eigenvalue weighted by atomic mass is 32.2. The minimum absolute atomic E-state index is 0.0338. The van der Waals surface area contributed by atoms with Crippen molar-refractivity contribution in [3.63, 3.8) is 0 Å². The fraction of sp³-hybridized carbons (Fsp3) is 0.174. The molecule has 0 unspecified atom stereocenters. The Balaban J connectivity index is 1.83.